The van der Waals surface area contributed by atoms with Gasteiger partial charge in [0.15, 0.2) is 6.04 Å². The number of pyridine rings is 1. The number of carboxylic acids is 1. The molecule has 0 bridgehead atoms. The second-order valence-electron chi connectivity index (χ2n) is 9.80. The number of ether oxygens (including phenoxy) is 1. The fourth-order valence-electron chi connectivity index (χ4n) is 4.59. The van der Waals surface area contributed by atoms with Gasteiger partial charge in [0.1, 0.15) is 5.69 Å². The maximum Gasteiger partial charge on any atom is 0.416 e. The molecule has 1 aromatic heterocycles. The Morgan fingerprint density at radius 2 is 1.51 bits per heavy atom. The number of nitrogens with one attached hydrogen (secondary N) is 1. The Labute approximate surface area is 243 Å². The van der Waals surface area contributed by atoms with Crippen LogP contribution in [0.15, 0.2) is 114 Å². The highest BCUT2D eigenvalue weighted by atomic mass is 19.4. The third-order valence-corrected chi connectivity index (χ3v) is 6.86. The van der Waals surface area contributed by atoms with E-state index in [4.69, 9.17) is 4.74 Å². The number of benzene rings is 4. The quantitative estimate of drug-likeness (QED) is 0.198. The van der Waals surface area contributed by atoms with Crippen molar-refractivity contribution in [3.05, 3.63) is 136 Å². The number of alkyl halides is 3. The van der Waals surface area contributed by atoms with Crippen molar-refractivity contribution in [3.63, 3.8) is 0 Å². The number of hydrogen-bond acceptors (Lipinski definition) is 4. The molecular weight excluding hydrogens is 561 g/mol. The second kappa shape index (κ2) is 12.3. The summed E-state index contributed by atoms with van der Waals surface area (Å²) < 4.78 is 45.6. The topological polar surface area (TPSA) is 97.6 Å². The van der Waals surface area contributed by atoms with Crippen molar-refractivity contribution in [1.29, 1.82) is 0 Å². The van der Waals surface area contributed by atoms with Gasteiger partial charge in [-0.25, -0.2) is 4.79 Å². The summed E-state index contributed by atoms with van der Waals surface area (Å²) >= 11 is 0. The molecule has 2 N–H and O–H groups in total. The number of carboxylic acid groups (broad SMARTS) is 1. The number of amides is 1. The highest BCUT2D eigenvalue weighted by molar-refractivity contribution is 6.04. The number of rotatable bonds is 9. The van der Waals surface area contributed by atoms with Crippen molar-refractivity contribution >= 4 is 28.3 Å². The van der Waals surface area contributed by atoms with Gasteiger partial charge in [-0.15, -0.1) is 0 Å². The second-order valence-corrected chi connectivity index (χ2v) is 9.80. The van der Waals surface area contributed by atoms with Gasteiger partial charge in [-0.05, 0) is 58.3 Å². The van der Waals surface area contributed by atoms with Crippen LogP contribution in [0.25, 0.3) is 21.9 Å². The first-order valence-corrected chi connectivity index (χ1v) is 13.2. The Morgan fingerprint density at radius 1 is 0.837 bits per heavy atom. The number of halogens is 3. The molecule has 0 aliphatic rings. The number of hydrogen-bond donors (Lipinski definition) is 2. The molecule has 0 fully saturated rings. The van der Waals surface area contributed by atoms with E-state index < -0.39 is 35.2 Å². The van der Waals surface area contributed by atoms with Gasteiger partial charge in [0, 0.05) is 17.3 Å². The monoisotopic (exact) mass is 586 g/mol. The van der Waals surface area contributed by atoms with Gasteiger partial charge in [-0.2, -0.15) is 13.2 Å². The van der Waals surface area contributed by atoms with Crippen molar-refractivity contribution in [2.75, 3.05) is 11.9 Å². The minimum Gasteiger partial charge on any atom is -0.480 e. The SMILES string of the molecule is O=C(Nc1cc(-c2ccc3ccccc3c2)cn([C@@H](COCc2ccccc2)C(=O)O)c1=O)c1ccc(C(F)(F)F)cc1. The van der Waals surface area contributed by atoms with Crippen LogP contribution in [0.4, 0.5) is 18.9 Å². The summed E-state index contributed by atoms with van der Waals surface area (Å²) in [6.45, 7) is -0.237. The molecule has 4 aromatic carbocycles. The predicted molar refractivity (Wildman–Crippen MR) is 156 cm³/mol. The van der Waals surface area contributed by atoms with Crippen LogP contribution in [0.5, 0.6) is 0 Å². The van der Waals surface area contributed by atoms with E-state index in [0.717, 1.165) is 45.2 Å². The Balaban J connectivity index is 1.52. The first-order valence-electron chi connectivity index (χ1n) is 13.2. The van der Waals surface area contributed by atoms with E-state index in [1.54, 1.807) is 6.07 Å². The van der Waals surface area contributed by atoms with Gasteiger partial charge >= 0.3 is 12.1 Å². The minimum atomic E-state index is -4.58. The molecule has 1 heterocycles. The first-order chi connectivity index (χ1) is 20.6. The molecule has 10 heteroatoms. The van der Waals surface area contributed by atoms with Gasteiger partial charge in [0.05, 0.1) is 18.8 Å². The number of nitrogens with zero attached hydrogens (tertiary/aromatic N) is 1. The summed E-state index contributed by atoms with van der Waals surface area (Å²) in [6.07, 6.45) is -3.18. The van der Waals surface area contributed by atoms with E-state index >= 15 is 0 Å². The van der Waals surface area contributed by atoms with E-state index in [2.05, 4.69) is 5.32 Å². The highest BCUT2D eigenvalue weighted by Gasteiger charge is 2.30. The molecule has 43 heavy (non-hydrogen) atoms. The molecule has 1 atom stereocenters. The molecular formula is C33H25F3N2O5. The number of aromatic nitrogens is 1. The molecule has 0 saturated carbocycles. The summed E-state index contributed by atoms with van der Waals surface area (Å²) in [5, 5.41) is 14.4. The third kappa shape index (κ3) is 6.82. The maximum atomic E-state index is 13.6. The molecule has 0 spiro atoms. The normalized spacial score (nSPS) is 12.2. The molecule has 1 amide bonds. The molecule has 0 saturated heterocycles. The van der Waals surface area contributed by atoms with Crippen molar-refractivity contribution in [1.82, 2.24) is 4.57 Å². The van der Waals surface area contributed by atoms with E-state index in [0.29, 0.717) is 11.1 Å². The van der Waals surface area contributed by atoms with Gasteiger partial charge in [-0.3, -0.25) is 14.2 Å². The van der Waals surface area contributed by atoms with Crippen molar-refractivity contribution in [3.8, 4) is 11.1 Å². The summed E-state index contributed by atoms with van der Waals surface area (Å²) in [4.78, 5) is 39.0. The zero-order chi connectivity index (χ0) is 30.6. The molecule has 5 rings (SSSR count). The fraction of sp³-hybridized carbons (Fsp3) is 0.121. The Hall–Kier alpha value is -5.22. The van der Waals surface area contributed by atoms with Crippen molar-refractivity contribution in [2.24, 2.45) is 0 Å². The summed E-state index contributed by atoms with van der Waals surface area (Å²) in [5.74, 6) is -2.16. The molecule has 0 aliphatic heterocycles. The van der Waals surface area contributed by atoms with Crippen LogP contribution in [0.3, 0.4) is 0 Å². The number of aliphatic carboxylic acids is 1. The standard InChI is InChI=1S/C33H25F3N2O5/c34-33(35,36)27-14-12-23(13-15-27)30(39)37-28-17-26(25-11-10-22-8-4-5-9-24(22)16-25)18-38(31(28)40)29(32(41)42)20-43-19-21-6-2-1-3-7-21/h1-18,29H,19-20H2,(H,37,39)(H,41,42)/t29-/m0/s1. The largest absolute Gasteiger partial charge is 0.480 e. The molecule has 0 unspecified atom stereocenters. The Bertz CT molecular complexity index is 1830. The average molecular weight is 587 g/mol. The molecule has 7 nitrogen and oxygen atoms in total. The first kappa shape index (κ1) is 29.3. The van der Waals surface area contributed by atoms with Gasteiger partial charge < -0.3 is 15.2 Å². The van der Waals surface area contributed by atoms with Crippen LogP contribution in [0.2, 0.25) is 0 Å². The third-order valence-electron chi connectivity index (χ3n) is 6.86. The van der Waals surface area contributed by atoms with Crippen LogP contribution in [0, 0.1) is 0 Å². The lowest BCUT2D eigenvalue weighted by molar-refractivity contribution is -0.143. The fourth-order valence-corrected chi connectivity index (χ4v) is 4.59. The molecule has 0 aliphatic carbocycles. The van der Waals surface area contributed by atoms with Crippen LogP contribution in [0.1, 0.15) is 27.5 Å². The van der Waals surface area contributed by atoms with E-state index in [1.165, 1.54) is 12.3 Å². The lowest BCUT2D eigenvalue weighted by Gasteiger charge is -2.19. The van der Waals surface area contributed by atoms with Crippen molar-refractivity contribution in [2.45, 2.75) is 18.8 Å². The number of anilines is 1. The summed E-state index contributed by atoms with van der Waals surface area (Å²) in [7, 11) is 0. The lowest BCUT2D eigenvalue weighted by Crippen LogP contribution is -2.34. The van der Waals surface area contributed by atoms with Crippen LogP contribution in [-0.4, -0.2) is 28.2 Å². The summed E-state index contributed by atoms with van der Waals surface area (Å²) in [6, 6.07) is 25.7. The maximum absolute atomic E-state index is 13.6. The van der Waals surface area contributed by atoms with Crippen molar-refractivity contribution < 1.29 is 32.6 Å². The Kier molecular flexibility index (Phi) is 8.40. The number of carbonyl (C=O) groups is 2. The van der Waals surface area contributed by atoms with Crippen LogP contribution >= 0.6 is 0 Å². The van der Waals surface area contributed by atoms with Gasteiger partial charge in [0.2, 0.25) is 0 Å². The number of carbonyl (C=O) groups excluding carboxylic acids is 1. The molecule has 5 aromatic rings. The molecule has 218 valence electrons. The zero-order valence-electron chi connectivity index (χ0n) is 22.5. The molecule has 0 radical (unpaired) electrons. The smallest absolute Gasteiger partial charge is 0.416 e. The van der Waals surface area contributed by atoms with E-state index in [-0.39, 0.29) is 24.5 Å². The zero-order valence-corrected chi connectivity index (χ0v) is 22.5. The lowest BCUT2D eigenvalue weighted by atomic mass is 10.0. The van der Waals surface area contributed by atoms with Crippen LogP contribution < -0.4 is 10.9 Å². The van der Waals surface area contributed by atoms with E-state index in [9.17, 15) is 32.7 Å². The highest BCUT2D eigenvalue weighted by Crippen LogP contribution is 2.30. The van der Waals surface area contributed by atoms with E-state index in [1.807, 2.05) is 66.7 Å². The van der Waals surface area contributed by atoms with Gasteiger partial charge in [-0.1, -0.05) is 66.7 Å². The minimum absolute atomic E-state index is 0.112. The van der Waals surface area contributed by atoms with Crippen LogP contribution in [-0.2, 0) is 22.3 Å². The Morgan fingerprint density at radius 3 is 2.19 bits per heavy atom. The summed E-state index contributed by atoms with van der Waals surface area (Å²) in [5.41, 5.74) is -0.214. The van der Waals surface area contributed by atoms with Gasteiger partial charge in [0.25, 0.3) is 11.5 Å². The predicted octanol–water partition coefficient (Wildman–Crippen LogP) is 6.78. The number of fused-ring (bicyclic) bond motifs is 1. The average Bonchev–Trinajstić information content (AvgIpc) is 3.00.